The average Bonchev–Trinajstić information content (AvgIpc) is 2.18. The lowest BCUT2D eigenvalue weighted by atomic mass is 10.2. The summed E-state index contributed by atoms with van der Waals surface area (Å²) in [5.41, 5.74) is 5.93. The predicted molar refractivity (Wildman–Crippen MR) is 56.4 cm³/mol. The topological polar surface area (TPSA) is 87.2 Å². The lowest BCUT2D eigenvalue weighted by molar-refractivity contribution is 0.521. The molecule has 5 nitrogen and oxygen atoms in total. The van der Waals surface area contributed by atoms with E-state index in [9.17, 15) is 8.42 Å². The highest BCUT2D eigenvalue weighted by molar-refractivity contribution is 7.89. The van der Waals surface area contributed by atoms with Crippen LogP contribution in [0.15, 0.2) is 23.1 Å². The molecule has 0 spiro atoms. The second kappa shape index (κ2) is 3.88. The molecule has 1 aromatic rings. The molecule has 0 aliphatic carbocycles. The van der Waals surface area contributed by atoms with Crippen LogP contribution < -0.4 is 5.73 Å². The van der Waals surface area contributed by atoms with E-state index in [1.165, 1.54) is 32.3 Å². The smallest absolute Gasteiger partial charge is 0.242 e. The van der Waals surface area contributed by atoms with Gasteiger partial charge in [-0.15, -0.1) is 0 Å². The van der Waals surface area contributed by atoms with Crippen molar-refractivity contribution in [3.63, 3.8) is 0 Å². The number of nitrogens with two attached hydrogens (primary N) is 1. The van der Waals surface area contributed by atoms with Gasteiger partial charge >= 0.3 is 0 Å². The monoisotopic (exact) mass is 225 g/mol. The third kappa shape index (κ3) is 2.09. The van der Waals surface area contributed by atoms with Crippen LogP contribution >= 0.6 is 0 Å². The van der Waals surface area contributed by atoms with Gasteiger partial charge < -0.3 is 5.73 Å². The fourth-order valence-corrected chi connectivity index (χ4v) is 1.93. The first kappa shape index (κ1) is 11.5. The number of hydrogen-bond donors (Lipinski definition) is 1. The van der Waals surface area contributed by atoms with Crippen LogP contribution in [0.5, 0.6) is 0 Å². The summed E-state index contributed by atoms with van der Waals surface area (Å²) in [5.74, 6) is 0. The van der Waals surface area contributed by atoms with Crippen molar-refractivity contribution in [1.82, 2.24) is 4.31 Å². The summed E-state index contributed by atoms with van der Waals surface area (Å²) in [6.45, 7) is 0. The standard InChI is InChI=1S/C9H11N3O2S/c1-12(2)15(13,14)8-3-4-9(11)7(5-8)6-10/h3-5H,11H2,1-2H3. The van der Waals surface area contributed by atoms with Crippen LogP contribution in [0.1, 0.15) is 5.56 Å². The Hall–Kier alpha value is -1.58. The predicted octanol–water partition coefficient (Wildman–Crippen LogP) is 0.391. The molecule has 0 saturated carbocycles. The molecule has 1 rings (SSSR count). The Bertz CT molecular complexity index is 515. The van der Waals surface area contributed by atoms with Crippen LogP contribution in [0.3, 0.4) is 0 Å². The quantitative estimate of drug-likeness (QED) is 0.737. The van der Waals surface area contributed by atoms with Gasteiger partial charge in [0, 0.05) is 19.8 Å². The third-order valence-corrected chi connectivity index (χ3v) is 3.73. The van der Waals surface area contributed by atoms with Gasteiger partial charge in [-0.05, 0) is 18.2 Å². The lowest BCUT2D eigenvalue weighted by Crippen LogP contribution is -2.22. The Morgan fingerprint density at radius 3 is 2.47 bits per heavy atom. The highest BCUT2D eigenvalue weighted by atomic mass is 32.2. The molecule has 6 heteroatoms. The zero-order valence-electron chi connectivity index (χ0n) is 8.43. The molecule has 0 aromatic heterocycles. The number of benzene rings is 1. The molecule has 0 aliphatic rings. The molecule has 0 saturated heterocycles. The minimum Gasteiger partial charge on any atom is -0.398 e. The maximum Gasteiger partial charge on any atom is 0.242 e. The molecule has 0 amide bonds. The van der Waals surface area contributed by atoms with E-state index in [2.05, 4.69) is 0 Å². The molecule has 0 fully saturated rings. The average molecular weight is 225 g/mol. The van der Waals surface area contributed by atoms with E-state index < -0.39 is 10.0 Å². The van der Waals surface area contributed by atoms with Gasteiger partial charge in [0.05, 0.1) is 10.5 Å². The largest absolute Gasteiger partial charge is 0.398 e. The normalized spacial score (nSPS) is 11.3. The minimum atomic E-state index is -3.50. The number of nitriles is 1. The number of anilines is 1. The SMILES string of the molecule is CN(C)S(=O)(=O)c1ccc(N)c(C#N)c1. The summed E-state index contributed by atoms with van der Waals surface area (Å²) in [7, 11) is -0.643. The van der Waals surface area contributed by atoms with Crippen molar-refractivity contribution in [3.05, 3.63) is 23.8 Å². The van der Waals surface area contributed by atoms with Gasteiger partial charge in [0.15, 0.2) is 0 Å². The van der Waals surface area contributed by atoms with Crippen LogP contribution in [0.25, 0.3) is 0 Å². The Kier molecular flexibility index (Phi) is 2.98. The van der Waals surface area contributed by atoms with Crippen LogP contribution in [0.4, 0.5) is 5.69 Å². The van der Waals surface area contributed by atoms with Gasteiger partial charge in [0.25, 0.3) is 0 Å². The maximum atomic E-state index is 11.7. The van der Waals surface area contributed by atoms with Crippen LogP contribution in [-0.2, 0) is 10.0 Å². The molecule has 0 heterocycles. The minimum absolute atomic E-state index is 0.0678. The summed E-state index contributed by atoms with van der Waals surface area (Å²) in [5, 5.41) is 8.71. The van der Waals surface area contributed by atoms with Crippen molar-refractivity contribution in [2.75, 3.05) is 19.8 Å². The van der Waals surface area contributed by atoms with E-state index in [1.54, 1.807) is 0 Å². The highest BCUT2D eigenvalue weighted by Gasteiger charge is 2.17. The number of rotatable bonds is 2. The number of hydrogen-bond acceptors (Lipinski definition) is 4. The molecule has 0 unspecified atom stereocenters. The summed E-state index contributed by atoms with van der Waals surface area (Å²) in [4.78, 5) is 0.0678. The summed E-state index contributed by atoms with van der Waals surface area (Å²) >= 11 is 0. The second-order valence-corrected chi connectivity index (χ2v) is 5.30. The molecule has 0 aliphatic heterocycles. The molecule has 15 heavy (non-hydrogen) atoms. The fourth-order valence-electron chi connectivity index (χ4n) is 1.00. The number of nitrogens with zero attached hydrogens (tertiary/aromatic N) is 2. The summed E-state index contributed by atoms with van der Waals surface area (Å²) in [6.07, 6.45) is 0. The summed E-state index contributed by atoms with van der Waals surface area (Å²) in [6, 6.07) is 5.90. The van der Waals surface area contributed by atoms with E-state index in [4.69, 9.17) is 11.0 Å². The van der Waals surface area contributed by atoms with E-state index in [0.29, 0.717) is 0 Å². The van der Waals surface area contributed by atoms with E-state index in [0.717, 1.165) is 4.31 Å². The maximum absolute atomic E-state index is 11.7. The number of nitrogen functional groups attached to an aromatic ring is 1. The van der Waals surface area contributed by atoms with Gasteiger partial charge in [-0.2, -0.15) is 5.26 Å². The molecule has 0 bridgehead atoms. The van der Waals surface area contributed by atoms with E-state index >= 15 is 0 Å². The molecular weight excluding hydrogens is 214 g/mol. The van der Waals surface area contributed by atoms with E-state index in [1.807, 2.05) is 6.07 Å². The molecule has 0 atom stereocenters. The molecule has 1 aromatic carbocycles. The Morgan fingerprint density at radius 2 is 2.00 bits per heavy atom. The molecule has 80 valence electrons. The van der Waals surface area contributed by atoms with Crippen molar-refractivity contribution in [2.45, 2.75) is 4.90 Å². The van der Waals surface area contributed by atoms with Crippen LogP contribution in [0.2, 0.25) is 0 Å². The van der Waals surface area contributed by atoms with Gasteiger partial charge in [0.1, 0.15) is 6.07 Å². The van der Waals surface area contributed by atoms with Crippen LogP contribution in [-0.4, -0.2) is 26.8 Å². The molecular formula is C9H11N3O2S. The molecule has 2 N–H and O–H groups in total. The second-order valence-electron chi connectivity index (χ2n) is 3.15. The van der Waals surface area contributed by atoms with Gasteiger partial charge in [-0.1, -0.05) is 0 Å². The summed E-state index contributed by atoms with van der Waals surface area (Å²) < 4.78 is 24.5. The zero-order chi connectivity index (χ0) is 11.6. The Balaban J connectivity index is 3.37. The van der Waals surface area contributed by atoms with Crippen LogP contribution in [0, 0.1) is 11.3 Å². The Morgan fingerprint density at radius 1 is 1.40 bits per heavy atom. The first-order chi connectivity index (χ1) is 6.89. The van der Waals surface area contributed by atoms with Crippen molar-refractivity contribution in [1.29, 1.82) is 5.26 Å². The first-order valence-corrected chi connectivity index (χ1v) is 5.55. The Labute approximate surface area is 88.8 Å². The van der Waals surface area contributed by atoms with Crippen molar-refractivity contribution < 1.29 is 8.42 Å². The zero-order valence-corrected chi connectivity index (χ0v) is 9.25. The van der Waals surface area contributed by atoms with Crippen molar-refractivity contribution >= 4 is 15.7 Å². The van der Waals surface area contributed by atoms with Crippen molar-refractivity contribution in [2.24, 2.45) is 0 Å². The first-order valence-electron chi connectivity index (χ1n) is 4.11. The lowest BCUT2D eigenvalue weighted by Gasteiger charge is -2.11. The van der Waals surface area contributed by atoms with E-state index in [-0.39, 0.29) is 16.1 Å². The fraction of sp³-hybridized carbons (Fsp3) is 0.222. The van der Waals surface area contributed by atoms with Crippen molar-refractivity contribution in [3.8, 4) is 6.07 Å². The molecule has 0 radical (unpaired) electrons. The third-order valence-electron chi connectivity index (χ3n) is 1.92. The number of sulfonamides is 1. The highest BCUT2D eigenvalue weighted by Crippen LogP contribution is 2.18. The van der Waals surface area contributed by atoms with Gasteiger partial charge in [0.2, 0.25) is 10.0 Å². The van der Waals surface area contributed by atoms with Gasteiger partial charge in [-0.3, -0.25) is 0 Å². The van der Waals surface area contributed by atoms with Gasteiger partial charge in [-0.25, -0.2) is 12.7 Å².